The highest BCUT2D eigenvalue weighted by Crippen LogP contribution is 2.39. The highest BCUT2D eigenvalue weighted by molar-refractivity contribution is 7.19. The molecule has 1 aliphatic carbocycles. The zero-order valence-corrected chi connectivity index (χ0v) is 28.4. The Morgan fingerprint density at radius 2 is 1.54 bits per heavy atom. The van der Waals surface area contributed by atoms with Gasteiger partial charge in [0, 0.05) is 52.7 Å². The Bertz CT molecular complexity index is 1660. The molecule has 0 saturated heterocycles. The predicted octanol–water partition coefficient (Wildman–Crippen LogP) is 10.4. The summed E-state index contributed by atoms with van der Waals surface area (Å²) in [6.07, 6.45) is -1.28. The molecule has 5 nitrogen and oxygen atoms in total. The number of benzene rings is 3. The van der Waals surface area contributed by atoms with Gasteiger partial charge in [0.05, 0.1) is 17.7 Å². The highest BCUT2D eigenvalue weighted by Gasteiger charge is 2.33. The zero-order chi connectivity index (χ0) is 33.2. The molecule has 0 spiro atoms. The van der Waals surface area contributed by atoms with E-state index < -0.39 is 17.3 Å². The van der Waals surface area contributed by atoms with Crippen LogP contribution in [0.3, 0.4) is 0 Å². The SMILES string of the molecule is COc1ccc(-c2ccc(C(F)(F)F)cc2)cc1CN(Cc1sc2ccccc2c1Cl)C1CCC(N(C)C(=O)OC(C)(C)C)CC1. The van der Waals surface area contributed by atoms with Crippen molar-refractivity contribution in [2.45, 2.75) is 83.4 Å². The van der Waals surface area contributed by atoms with Crippen LogP contribution in [0.5, 0.6) is 5.75 Å². The molecule has 46 heavy (non-hydrogen) atoms. The lowest BCUT2D eigenvalue weighted by Gasteiger charge is -2.40. The second-order valence-corrected chi connectivity index (χ2v) is 14.4. The maximum atomic E-state index is 13.2. The molecule has 246 valence electrons. The minimum absolute atomic E-state index is 0.0818. The lowest BCUT2D eigenvalue weighted by Crippen LogP contribution is -2.45. The van der Waals surface area contributed by atoms with Gasteiger partial charge in [-0.05, 0) is 87.9 Å². The number of alkyl halides is 3. The molecule has 1 fully saturated rings. The zero-order valence-electron chi connectivity index (χ0n) is 26.8. The van der Waals surface area contributed by atoms with Crippen LogP contribution in [-0.4, -0.2) is 47.7 Å². The van der Waals surface area contributed by atoms with E-state index in [2.05, 4.69) is 11.0 Å². The van der Waals surface area contributed by atoms with E-state index >= 15 is 0 Å². The van der Waals surface area contributed by atoms with E-state index in [1.165, 1.54) is 12.1 Å². The Hall–Kier alpha value is -3.27. The van der Waals surface area contributed by atoms with Gasteiger partial charge in [0.15, 0.2) is 0 Å². The normalized spacial score (nSPS) is 17.3. The van der Waals surface area contributed by atoms with Crippen LogP contribution < -0.4 is 4.74 Å². The van der Waals surface area contributed by atoms with Crippen molar-refractivity contribution >= 4 is 39.1 Å². The first-order valence-corrected chi connectivity index (χ1v) is 16.6. The molecule has 0 atom stereocenters. The van der Waals surface area contributed by atoms with Crippen LogP contribution in [0.1, 0.15) is 62.5 Å². The average Bonchev–Trinajstić information content (AvgIpc) is 3.34. The fourth-order valence-electron chi connectivity index (χ4n) is 6.11. The van der Waals surface area contributed by atoms with E-state index in [1.807, 2.05) is 64.2 Å². The van der Waals surface area contributed by atoms with Crippen molar-refractivity contribution in [2.75, 3.05) is 14.2 Å². The third kappa shape index (κ3) is 7.99. The Morgan fingerprint density at radius 3 is 2.15 bits per heavy atom. The maximum Gasteiger partial charge on any atom is 0.416 e. The smallest absolute Gasteiger partial charge is 0.416 e. The third-order valence-corrected chi connectivity index (χ3v) is 10.3. The van der Waals surface area contributed by atoms with Crippen molar-refractivity contribution in [2.24, 2.45) is 0 Å². The molecule has 1 amide bonds. The number of fused-ring (bicyclic) bond motifs is 1. The van der Waals surface area contributed by atoms with Crippen LogP contribution in [0.2, 0.25) is 5.02 Å². The van der Waals surface area contributed by atoms with Gasteiger partial charge in [-0.15, -0.1) is 11.3 Å². The summed E-state index contributed by atoms with van der Waals surface area (Å²) in [7, 11) is 3.44. The summed E-state index contributed by atoms with van der Waals surface area (Å²) in [5.41, 5.74) is 1.21. The van der Waals surface area contributed by atoms with Crippen LogP contribution in [-0.2, 0) is 24.0 Å². The topological polar surface area (TPSA) is 42.0 Å². The fraction of sp³-hybridized carbons (Fsp3) is 0.417. The number of hydrogen-bond donors (Lipinski definition) is 0. The molecule has 0 bridgehead atoms. The first-order chi connectivity index (χ1) is 21.7. The molecule has 0 N–H and O–H groups in total. The molecule has 0 aliphatic heterocycles. The van der Waals surface area contributed by atoms with E-state index in [9.17, 15) is 18.0 Å². The van der Waals surface area contributed by atoms with Crippen molar-refractivity contribution in [3.63, 3.8) is 0 Å². The summed E-state index contributed by atoms with van der Waals surface area (Å²) in [6, 6.07) is 19.4. The Labute approximate surface area is 277 Å². The number of carbonyl (C=O) groups is 1. The van der Waals surface area contributed by atoms with Crippen molar-refractivity contribution in [1.29, 1.82) is 0 Å². The van der Waals surface area contributed by atoms with E-state index in [4.69, 9.17) is 21.1 Å². The van der Waals surface area contributed by atoms with Crippen LogP contribution in [0.25, 0.3) is 21.2 Å². The average molecular weight is 673 g/mol. The van der Waals surface area contributed by atoms with Crippen LogP contribution >= 0.6 is 22.9 Å². The molecular weight excluding hydrogens is 633 g/mol. The number of amides is 1. The summed E-state index contributed by atoms with van der Waals surface area (Å²) in [5.74, 6) is 0.710. The summed E-state index contributed by atoms with van der Waals surface area (Å²) < 4.78 is 52.1. The molecule has 10 heteroatoms. The second kappa shape index (κ2) is 13.8. The number of methoxy groups -OCH3 is 1. The fourth-order valence-corrected chi connectivity index (χ4v) is 7.63. The Balaban J connectivity index is 1.42. The highest BCUT2D eigenvalue weighted by atomic mass is 35.5. The number of carbonyl (C=O) groups excluding carboxylic acids is 1. The number of halogens is 4. The van der Waals surface area contributed by atoms with Gasteiger partial charge < -0.3 is 14.4 Å². The van der Waals surface area contributed by atoms with Gasteiger partial charge in [0.2, 0.25) is 0 Å². The lowest BCUT2D eigenvalue weighted by atomic mass is 9.89. The van der Waals surface area contributed by atoms with E-state index in [-0.39, 0.29) is 18.2 Å². The standard InChI is InChI=1S/C36H40ClF3N2O3S/c1-35(2,3)45-34(43)41(4)27-15-17-28(18-16-27)42(22-32-33(37)29-8-6-7-9-31(29)46-32)21-25-20-24(12-19-30(25)44-5)23-10-13-26(14-11-23)36(38,39)40/h6-14,19-20,27-28H,15-18,21-22H2,1-5H3. The number of thiophene rings is 1. The molecule has 5 rings (SSSR count). The number of nitrogens with zero attached hydrogens (tertiary/aromatic N) is 2. The monoisotopic (exact) mass is 672 g/mol. The molecule has 0 unspecified atom stereocenters. The maximum absolute atomic E-state index is 13.2. The van der Waals surface area contributed by atoms with Crippen molar-refractivity contribution in [3.8, 4) is 16.9 Å². The predicted molar refractivity (Wildman–Crippen MR) is 180 cm³/mol. The van der Waals surface area contributed by atoms with Gasteiger partial charge in [0.25, 0.3) is 0 Å². The number of ether oxygens (including phenoxy) is 2. The summed E-state index contributed by atoms with van der Waals surface area (Å²) >= 11 is 8.61. The van der Waals surface area contributed by atoms with Crippen LogP contribution in [0.15, 0.2) is 66.7 Å². The van der Waals surface area contributed by atoms with Gasteiger partial charge in [-0.3, -0.25) is 4.90 Å². The van der Waals surface area contributed by atoms with Gasteiger partial charge >= 0.3 is 12.3 Å². The second-order valence-electron chi connectivity index (χ2n) is 12.9. The minimum Gasteiger partial charge on any atom is -0.496 e. The molecule has 1 saturated carbocycles. The number of rotatable bonds is 8. The Morgan fingerprint density at radius 1 is 0.913 bits per heavy atom. The van der Waals surface area contributed by atoms with Crippen LogP contribution in [0, 0.1) is 0 Å². The molecular formula is C36H40ClF3N2O3S. The van der Waals surface area contributed by atoms with E-state index in [0.29, 0.717) is 24.4 Å². The summed E-state index contributed by atoms with van der Waals surface area (Å²) in [4.78, 5) is 18.0. The quantitative estimate of drug-likeness (QED) is 0.187. The number of hydrogen-bond acceptors (Lipinski definition) is 5. The van der Waals surface area contributed by atoms with Crippen molar-refractivity contribution in [3.05, 3.63) is 87.8 Å². The molecule has 4 aromatic rings. The van der Waals surface area contributed by atoms with Gasteiger partial charge in [0.1, 0.15) is 11.4 Å². The molecule has 1 aliphatic rings. The van der Waals surface area contributed by atoms with Gasteiger partial charge in [-0.2, -0.15) is 13.2 Å². The Kier molecular flexibility index (Phi) is 10.3. The van der Waals surface area contributed by atoms with Crippen molar-refractivity contribution in [1.82, 2.24) is 9.80 Å². The minimum atomic E-state index is -4.39. The third-order valence-electron chi connectivity index (χ3n) is 8.56. The largest absolute Gasteiger partial charge is 0.496 e. The summed E-state index contributed by atoms with van der Waals surface area (Å²) in [6.45, 7) is 6.79. The molecule has 1 heterocycles. The first-order valence-electron chi connectivity index (χ1n) is 15.4. The van der Waals surface area contributed by atoms with Gasteiger partial charge in [-0.1, -0.05) is 48.0 Å². The molecule has 3 aromatic carbocycles. The van der Waals surface area contributed by atoms with E-state index in [1.54, 1.807) is 23.3 Å². The van der Waals surface area contributed by atoms with Gasteiger partial charge in [-0.25, -0.2) is 4.79 Å². The lowest BCUT2D eigenvalue weighted by molar-refractivity contribution is -0.137. The van der Waals surface area contributed by atoms with E-state index in [0.717, 1.165) is 68.9 Å². The summed E-state index contributed by atoms with van der Waals surface area (Å²) in [5, 5.41) is 1.79. The first kappa shape index (κ1) is 34.1. The van der Waals surface area contributed by atoms with Crippen molar-refractivity contribution < 1.29 is 27.4 Å². The molecule has 0 radical (unpaired) electrons. The van der Waals surface area contributed by atoms with Crippen LogP contribution in [0.4, 0.5) is 18.0 Å². The molecule has 1 aromatic heterocycles.